The van der Waals surface area contributed by atoms with E-state index < -0.39 is 0 Å². The van der Waals surface area contributed by atoms with Gasteiger partial charge in [0.1, 0.15) is 0 Å². The molecule has 1 fully saturated rings. The van der Waals surface area contributed by atoms with E-state index in [0.29, 0.717) is 11.5 Å². The van der Waals surface area contributed by atoms with Crippen LogP contribution in [0.15, 0.2) is 18.2 Å². The first-order valence-electron chi connectivity index (χ1n) is 7.44. The minimum Gasteiger partial charge on any atom is -0.394 e. The molecule has 0 heterocycles. The average molecular weight is 272 g/mol. The highest BCUT2D eigenvalue weighted by Crippen LogP contribution is 2.32. The Hall–Kier alpha value is -1.37. The standard InChI is InChI=1S/C17H24N2O/c1-13-4-3-7-17(9-13,12-20)19-11-16-6-5-15(10-18)8-14(16)2/h5-6,8,13,19-20H,3-4,7,9,11-12H2,1-2H3. The van der Waals surface area contributed by atoms with E-state index in [1.54, 1.807) is 0 Å². The third-order valence-electron chi connectivity index (χ3n) is 4.52. The Kier molecular flexibility index (Phi) is 4.80. The summed E-state index contributed by atoms with van der Waals surface area (Å²) in [5.74, 6) is 0.672. The van der Waals surface area contributed by atoms with Crippen LogP contribution in [0.3, 0.4) is 0 Å². The van der Waals surface area contributed by atoms with Crippen molar-refractivity contribution in [3.63, 3.8) is 0 Å². The van der Waals surface area contributed by atoms with Gasteiger partial charge in [0, 0.05) is 12.1 Å². The lowest BCUT2D eigenvalue weighted by Crippen LogP contribution is -2.51. The van der Waals surface area contributed by atoms with Gasteiger partial charge in [-0.25, -0.2) is 0 Å². The zero-order valence-corrected chi connectivity index (χ0v) is 12.4. The molecule has 3 heteroatoms. The second kappa shape index (κ2) is 6.39. The fourth-order valence-electron chi connectivity index (χ4n) is 3.27. The van der Waals surface area contributed by atoms with Crippen molar-refractivity contribution < 1.29 is 5.11 Å². The van der Waals surface area contributed by atoms with E-state index in [4.69, 9.17) is 5.26 Å². The molecule has 2 unspecified atom stereocenters. The number of aryl methyl sites for hydroxylation is 1. The normalized spacial score (nSPS) is 26.2. The summed E-state index contributed by atoms with van der Waals surface area (Å²) in [7, 11) is 0. The molecule has 0 saturated heterocycles. The van der Waals surface area contributed by atoms with Gasteiger partial charge in [-0.15, -0.1) is 0 Å². The Labute approximate surface area is 121 Å². The average Bonchev–Trinajstić information content (AvgIpc) is 2.46. The van der Waals surface area contributed by atoms with Crippen molar-refractivity contribution in [2.24, 2.45) is 5.92 Å². The van der Waals surface area contributed by atoms with E-state index in [1.165, 1.54) is 18.4 Å². The first-order valence-corrected chi connectivity index (χ1v) is 7.44. The zero-order chi connectivity index (χ0) is 14.6. The first kappa shape index (κ1) is 15.0. The summed E-state index contributed by atoms with van der Waals surface area (Å²) < 4.78 is 0. The van der Waals surface area contributed by atoms with Gasteiger partial charge >= 0.3 is 0 Å². The summed E-state index contributed by atoms with van der Waals surface area (Å²) in [5, 5.41) is 22.3. The second-order valence-corrected chi connectivity index (χ2v) is 6.25. The highest BCUT2D eigenvalue weighted by Gasteiger charge is 2.33. The molecule has 1 aliphatic carbocycles. The zero-order valence-electron chi connectivity index (χ0n) is 12.4. The largest absolute Gasteiger partial charge is 0.394 e. The maximum absolute atomic E-state index is 9.78. The summed E-state index contributed by atoms with van der Waals surface area (Å²) in [6.07, 6.45) is 4.53. The van der Waals surface area contributed by atoms with Gasteiger partial charge in [-0.3, -0.25) is 0 Å². The topological polar surface area (TPSA) is 56.0 Å². The van der Waals surface area contributed by atoms with E-state index in [2.05, 4.69) is 18.3 Å². The minimum absolute atomic E-state index is 0.127. The molecule has 1 aliphatic rings. The molecule has 0 aliphatic heterocycles. The minimum atomic E-state index is -0.127. The molecule has 2 atom stereocenters. The van der Waals surface area contributed by atoms with E-state index in [1.807, 2.05) is 25.1 Å². The van der Waals surface area contributed by atoms with Crippen LogP contribution in [0.1, 0.15) is 49.3 Å². The maximum atomic E-state index is 9.78. The lowest BCUT2D eigenvalue weighted by molar-refractivity contribution is 0.0982. The van der Waals surface area contributed by atoms with Crippen LogP contribution in [0.2, 0.25) is 0 Å². The number of aliphatic hydroxyl groups is 1. The first-order chi connectivity index (χ1) is 9.58. The van der Waals surface area contributed by atoms with E-state index in [0.717, 1.165) is 24.9 Å². The lowest BCUT2D eigenvalue weighted by Gasteiger charge is -2.39. The number of benzene rings is 1. The van der Waals surface area contributed by atoms with Crippen LogP contribution in [0.5, 0.6) is 0 Å². The molecule has 3 nitrogen and oxygen atoms in total. The Morgan fingerprint density at radius 3 is 2.90 bits per heavy atom. The van der Waals surface area contributed by atoms with Crippen molar-refractivity contribution in [2.75, 3.05) is 6.61 Å². The summed E-state index contributed by atoms with van der Waals surface area (Å²) in [4.78, 5) is 0. The highest BCUT2D eigenvalue weighted by atomic mass is 16.3. The third-order valence-corrected chi connectivity index (χ3v) is 4.52. The van der Waals surface area contributed by atoms with Crippen molar-refractivity contribution >= 4 is 0 Å². The molecule has 0 amide bonds. The summed E-state index contributed by atoms with van der Waals surface area (Å²) >= 11 is 0. The maximum Gasteiger partial charge on any atom is 0.0991 e. The molecule has 20 heavy (non-hydrogen) atoms. The smallest absolute Gasteiger partial charge is 0.0991 e. The van der Waals surface area contributed by atoms with Gasteiger partial charge in [-0.05, 0) is 48.9 Å². The van der Waals surface area contributed by atoms with E-state index in [-0.39, 0.29) is 12.1 Å². The Bertz CT molecular complexity index is 506. The summed E-state index contributed by atoms with van der Waals surface area (Å²) in [5.41, 5.74) is 2.91. The molecule has 0 aromatic heterocycles. The van der Waals surface area contributed by atoms with Crippen LogP contribution < -0.4 is 5.32 Å². The van der Waals surface area contributed by atoms with Gasteiger partial charge in [0.25, 0.3) is 0 Å². The number of aliphatic hydroxyl groups excluding tert-OH is 1. The van der Waals surface area contributed by atoms with Gasteiger partial charge in [-0.1, -0.05) is 25.8 Å². The lowest BCUT2D eigenvalue weighted by atomic mass is 9.76. The molecule has 0 radical (unpaired) electrons. The van der Waals surface area contributed by atoms with Gasteiger partial charge in [0.05, 0.1) is 18.2 Å². The van der Waals surface area contributed by atoms with Crippen LogP contribution in [-0.2, 0) is 6.54 Å². The molecular formula is C17H24N2O. The molecule has 1 saturated carbocycles. The van der Waals surface area contributed by atoms with Crippen molar-refractivity contribution in [3.05, 3.63) is 34.9 Å². The Morgan fingerprint density at radius 1 is 1.50 bits per heavy atom. The van der Waals surface area contributed by atoms with Gasteiger partial charge < -0.3 is 10.4 Å². The third kappa shape index (κ3) is 3.39. The van der Waals surface area contributed by atoms with Crippen LogP contribution >= 0.6 is 0 Å². The number of hydrogen-bond donors (Lipinski definition) is 2. The molecule has 1 aromatic carbocycles. The van der Waals surface area contributed by atoms with Crippen LogP contribution in [-0.4, -0.2) is 17.3 Å². The number of nitriles is 1. The quantitative estimate of drug-likeness (QED) is 0.886. The SMILES string of the molecule is Cc1cc(C#N)ccc1CNC1(CO)CCCC(C)C1. The molecular weight excluding hydrogens is 248 g/mol. The molecule has 2 N–H and O–H groups in total. The van der Waals surface area contributed by atoms with Crippen molar-refractivity contribution in [3.8, 4) is 6.07 Å². The van der Waals surface area contributed by atoms with Gasteiger partial charge in [0.2, 0.25) is 0 Å². The fraction of sp³-hybridized carbons (Fsp3) is 0.588. The molecule has 2 rings (SSSR count). The Morgan fingerprint density at radius 2 is 2.30 bits per heavy atom. The molecule has 108 valence electrons. The van der Waals surface area contributed by atoms with Crippen LogP contribution in [0, 0.1) is 24.2 Å². The second-order valence-electron chi connectivity index (χ2n) is 6.25. The van der Waals surface area contributed by atoms with Crippen LogP contribution in [0.4, 0.5) is 0 Å². The van der Waals surface area contributed by atoms with Crippen molar-refractivity contribution in [1.29, 1.82) is 5.26 Å². The summed E-state index contributed by atoms with van der Waals surface area (Å²) in [6.45, 7) is 5.25. The fourth-order valence-corrected chi connectivity index (χ4v) is 3.27. The predicted molar refractivity (Wildman–Crippen MR) is 80.2 cm³/mol. The number of hydrogen-bond acceptors (Lipinski definition) is 3. The predicted octanol–water partition coefficient (Wildman–Crippen LogP) is 2.90. The number of nitrogens with zero attached hydrogens (tertiary/aromatic N) is 1. The number of rotatable bonds is 4. The highest BCUT2D eigenvalue weighted by molar-refractivity contribution is 5.37. The Balaban J connectivity index is 2.05. The van der Waals surface area contributed by atoms with Gasteiger partial charge in [-0.2, -0.15) is 5.26 Å². The molecule has 0 spiro atoms. The van der Waals surface area contributed by atoms with Crippen molar-refractivity contribution in [1.82, 2.24) is 5.32 Å². The molecule has 1 aromatic rings. The van der Waals surface area contributed by atoms with Crippen LogP contribution in [0.25, 0.3) is 0 Å². The molecule has 0 bridgehead atoms. The van der Waals surface area contributed by atoms with E-state index >= 15 is 0 Å². The summed E-state index contributed by atoms with van der Waals surface area (Å²) in [6, 6.07) is 7.96. The van der Waals surface area contributed by atoms with Crippen molar-refractivity contribution in [2.45, 2.75) is 51.6 Å². The van der Waals surface area contributed by atoms with Gasteiger partial charge in [0.15, 0.2) is 0 Å². The number of nitrogens with one attached hydrogen (secondary N) is 1. The van der Waals surface area contributed by atoms with E-state index in [9.17, 15) is 5.11 Å². The monoisotopic (exact) mass is 272 g/mol.